The first kappa shape index (κ1) is 13.9. The van der Waals surface area contributed by atoms with Gasteiger partial charge in [-0.25, -0.2) is 4.98 Å². The normalized spacial score (nSPS) is 21.2. The average Bonchev–Trinajstić information content (AvgIpc) is 2.60. The number of aromatic nitrogens is 1. The molecule has 0 saturated carbocycles. The van der Waals surface area contributed by atoms with Gasteiger partial charge < -0.3 is 9.80 Å². The monoisotopic (exact) mass is 265 g/mol. The highest BCUT2D eigenvalue weighted by Crippen LogP contribution is 2.16. The van der Waals surface area contributed by atoms with Crippen LogP contribution in [-0.2, 0) is 0 Å². The molecule has 1 aromatic rings. The van der Waals surface area contributed by atoms with Gasteiger partial charge in [-0.05, 0) is 38.6 Å². The largest absolute Gasteiger partial charge is 0.334 e. The molecule has 2 rings (SSSR count). The highest BCUT2D eigenvalue weighted by Gasteiger charge is 2.28. The van der Waals surface area contributed by atoms with Gasteiger partial charge in [-0.3, -0.25) is 4.79 Å². The van der Waals surface area contributed by atoms with Crippen molar-refractivity contribution in [3.8, 4) is 0 Å². The van der Waals surface area contributed by atoms with E-state index in [9.17, 15) is 9.18 Å². The number of hydrogen-bond acceptors (Lipinski definition) is 3. The Morgan fingerprint density at radius 1 is 1.53 bits per heavy atom. The number of hydrogen-bond donors (Lipinski definition) is 0. The molecule has 1 aromatic heterocycles. The van der Waals surface area contributed by atoms with Crippen LogP contribution >= 0.6 is 0 Å². The quantitative estimate of drug-likeness (QED) is 0.765. The summed E-state index contributed by atoms with van der Waals surface area (Å²) in [6.07, 6.45) is 3.15. The Labute approximate surface area is 113 Å². The van der Waals surface area contributed by atoms with Crippen molar-refractivity contribution in [3.05, 3.63) is 29.8 Å². The van der Waals surface area contributed by atoms with Crippen LogP contribution in [0.3, 0.4) is 0 Å². The zero-order chi connectivity index (χ0) is 13.8. The summed E-state index contributed by atoms with van der Waals surface area (Å²) in [5.74, 6) is -0.923. The number of carbonyl (C=O) groups excluding carboxylic acids is 1. The minimum atomic E-state index is -0.681. The molecule has 0 aromatic carbocycles. The predicted molar refractivity (Wildman–Crippen MR) is 71.4 cm³/mol. The molecule has 1 unspecified atom stereocenters. The molecule has 0 N–H and O–H groups in total. The molecule has 1 aliphatic rings. The molecule has 5 heteroatoms. The van der Waals surface area contributed by atoms with Gasteiger partial charge in [-0.2, -0.15) is 4.39 Å². The maximum Gasteiger partial charge on any atom is 0.258 e. The predicted octanol–water partition coefficient (Wildman–Crippen LogP) is 1.78. The van der Waals surface area contributed by atoms with Gasteiger partial charge in [0.05, 0.1) is 5.56 Å². The summed E-state index contributed by atoms with van der Waals surface area (Å²) in [4.78, 5) is 20.1. The van der Waals surface area contributed by atoms with Crippen LogP contribution in [0.5, 0.6) is 0 Å². The van der Waals surface area contributed by atoms with Crippen LogP contribution in [-0.4, -0.2) is 53.4 Å². The summed E-state index contributed by atoms with van der Waals surface area (Å²) < 4.78 is 13.6. The lowest BCUT2D eigenvalue weighted by atomic mass is 10.1. The number of pyridine rings is 1. The molecule has 2 heterocycles. The Morgan fingerprint density at radius 3 is 3.00 bits per heavy atom. The van der Waals surface area contributed by atoms with Gasteiger partial charge in [0.15, 0.2) is 0 Å². The lowest BCUT2D eigenvalue weighted by Gasteiger charge is -2.30. The molecular weight excluding hydrogens is 245 g/mol. The van der Waals surface area contributed by atoms with Crippen molar-refractivity contribution in [1.29, 1.82) is 0 Å². The maximum absolute atomic E-state index is 13.6. The van der Waals surface area contributed by atoms with E-state index in [1.54, 1.807) is 11.0 Å². The van der Waals surface area contributed by atoms with E-state index >= 15 is 0 Å². The van der Waals surface area contributed by atoms with E-state index < -0.39 is 5.95 Å². The van der Waals surface area contributed by atoms with E-state index in [-0.39, 0.29) is 17.5 Å². The minimum absolute atomic E-state index is 0.0745. The number of likely N-dealkylation sites (N-methyl/N-ethyl adjacent to an activating group) is 1. The summed E-state index contributed by atoms with van der Waals surface area (Å²) in [7, 11) is 2.06. The smallest absolute Gasteiger partial charge is 0.258 e. The second-order valence-corrected chi connectivity index (χ2v) is 5.02. The van der Waals surface area contributed by atoms with Crippen molar-refractivity contribution in [2.75, 3.05) is 26.7 Å². The standard InChI is InChI=1S/C14H20FN3O/c1-3-11-10-17(2)8-5-9-18(11)14(19)12-6-4-7-16-13(12)15/h4,6-7,11H,3,5,8-10H2,1-2H3. The zero-order valence-corrected chi connectivity index (χ0v) is 11.5. The van der Waals surface area contributed by atoms with E-state index in [2.05, 4.69) is 23.9 Å². The third-order valence-electron chi connectivity index (χ3n) is 3.62. The fourth-order valence-corrected chi connectivity index (χ4v) is 2.56. The van der Waals surface area contributed by atoms with Crippen LogP contribution in [0.15, 0.2) is 18.3 Å². The summed E-state index contributed by atoms with van der Waals surface area (Å²) in [5, 5.41) is 0. The molecule has 0 bridgehead atoms. The van der Waals surface area contributed by atoms with E-state index in [0.717, 1.165) is 25.9 Å². The van der Waals surface area contributed by atoms with E-state index in [1.807, 2.05) is 0 Å². The lowest BCUT2D eigenvalue weighted by molar-refractivity contribution is 0.0670. The van der Waals surface area contributed by atoms with Gasteiger partial charge in [-0.1, -0.05) is 6.92 Å². The number of carbonyl (C=O) groups is 1. The fourth-order valence-electron chi connectivity index (χ4n) is 2.56. The van der Waals surface area contributed by atoms with Crippen molar-refractivity contribution >= 4 is 5.91 Å². The maximum atomic E-state index is 13.6. The first-order valence-electron chi connectivity index (χ1n) is 6.73. The molecule has 0 spiro atoms. The Hall–Kier alpha value is -1.49. The van der Waals surface area contributed by atoms with Crippen LogP contribution in [0, 0.1) is 5.95 Å². The van der Waals surface area contributed by atoms with Crippen molar-refractivity contribution in [3.63, 3.8) is 0 Å². The average molecular weight is 265 g/mol. The third kappa shape index (κ3) is 3.10. The highest BCUT2D eigenvalue weighted by atomic mass is 19.1. The van der Waals surface area contributed by atoms with Gasteiger partial charge >= 0.3 is 0 Å². The molecule has 0 radical (unpaired) electrons. The molecule has 4 nitrogen and oxygen atoms in total. The Kier molecular flexibility index (Phi) is 4.47. The Balaban J connectivity index is 2.23. The number of halogens is 1. The summed E-state index contributed by atoms with van der Waals surface area (Å²) >= 11 is 0. The van der Waals surface area contributed by atoms with Gasteiger partial charge in [0.1, 0.15) is 0 Å². The molecule has 1 atom stereocenters. The summed E-state index contributed by atoms with van der Waals surface area (Å²) in [6.45, 7) is 4.54. The van der Waals surface area contributed by atoms with Crippen LogP contribution in [0.1, 0.15) is 30.1 Å². The van der Waals surface area contributed by atoms with E-state index in [4.69, 9.17) is 0 Å². The highest BCUT2D eigenvalue weighted by molar-refractivity contribution is 5.94. The van der Waals surface area contributed by atoms with Crippen LogP contribution < -0.4 is 0 Å². The van der Waals surface area contributed by atoms with Crippen molar-refractivity contribution in [2.45, 2.75) is 25.8 Å². The second-order valence-electron chi connectivity index (χ2n) is 5.02. The lowest BCUT2D eigenvalue weighted by Crippen LogP contribution is -2.43. The molecular formula is C14H20FN3O. The van der Waals surface area contributed by atoms with Crippen LogP contribution in [0.2, 0.25) is 0 Å². The fraction of sp³-hybridized carbons (Fsp3) is 0.571. The van der Waals surface area contributed by atoms with Crippen LogP contribution in [0.25, 0.3) is 0 Å². The second kappa shape index (κ2) is 6.10. The van der Waals surface area contributed by atoms with Crippen molar-refractivity contribution in [2.24, 2.45) is 0 Å². The first-order valence-corrected chi connectivity index (χ1v) is 6.73. The van der Waals surface area contributed by atoms with Gasteiger partial charge in [0, 0.05) is 25.3 Å². The third-order valence-corrected chi connectivity index (χ3v) is 3.62. The zero-order valence-electron chi connectivity index (χ0n) is 11.5. The summed E-state index contributed by atoms with van der Waals surface area (Å²) in [6, 6.07) is 3.24. The SMILES string of the molecule is CCC1CN(C)CCCN1C(=O)c1cccnc1F. The molecule has 19 heavy (non-hydrogen) atoms. The van der Waals surface area contributed by atoms with Crippen molar-refractivity contribution in [1.82, 2.24) is 14.8 Å². The van der Waals surface area contributed by atoms with Gasteiger partial charge in [0.25, 0.3) is 5.91 Å². The number of nitrogens with zero attached hydrogens (tertiary/aromatic N) is 3. The number of amides is 1. The molecule has 0 aliphatic carbocycles. The number of rotatable bonds is 2. The molecule has 1 amide bonds. The van der Waals surface area contributed by atoms with E-state index in [1.165, 1.54) is 12.3 Å². The Bertz CT molecular complexity index is 452. The molecule has 1 aliphatic heterocycles. The topological polar surface area (TPSA) is 36.4 Å². The molecule has 104 valence electrons. The van der Waals surface area contributed by atoms with Crippen molar-refractivity contribution < 1.29 is 9.18 Å². The van der Waals surface area contributed by atoms with Gasteiger partial charge in [-0.15, -0.1) is 0 Å². The summed E-state index contributed by atoms with van der Waals surface area (Å²) in [5.41, 5.74) is 0.0745. The molecule has 1 fully saturated rings. The van der Waals surface area contributed by atoms with Gasteiger partial charge in [0.2, 0.25) is 5.95 Å². The van der Waals surface area contributed by atoms with E-state index in [0.29, 0.717) is 6.54 Å². The first-order chi connectivity index (χ1) is 9.13. The van der Waals surface area contributed by atoms with Crippen LogP contribution in [0.4, 0.5) is 4.39 Å². The minimum Gasteiger partial charge on any atom is -0.334 e. The Morgan fingerprint density at radius 2 is 2.32 bits per heavy atom. The molecule has 1 saturated heterocycles.